The van der Waals surface area contributed by atoms with Crippen molar-refractivity contribution in [2.45, 2.75) is 6.61 Å². The lowest BCUT2D eigenvalue weighted by Gasteiger charge is -2.10. The molecule has 1 heterocycles. The average Bonchev–Trinajstić information content (AvgIpc) is 3.21. The number of H-pyrrole nitrogens is 1. The van der Waals surface area contributed by atoms with Gasteiger partial charge in [0.05, 0.1) is 24.4 Å². The second kappa shape index (κ2) is 7.84. The Balaban J connectivity index is 1.51. The van der Waals surface area contributed by atoms with Crippen molar-refractivity contribution in [3.05, 3.63) is 84.1 Å². The highest BCUT2D eigenvalue weighted by molar-refractivity contribution is 6.12. The standard InChI is InChI=1S/C22H19N3O3/c1-27-19-10-16-13-23-25-21(16)20(12-19)22(26)24-17-8-5-9-18(11-17)28-14-15-6-3-2-4-7-15/h2-13H,14H2,1H3,(H,23,25)(H,24,26). The van der Waals surface area contributed by atoms with E-state index in [0.29, 0.717) is 34.9 Å². The van der Waals surface area contributed by atoms with Gasteiger partial charge in [-0.2, -0.15) is 5.10 Å². The Morgan fingerprint density at radius 2 is 1.89 bits per heavy atom. The number of hydrogen-bond acceptors (Lipinski definition) is 4. The van der Waals surface area contributed by atoms with E-state index in [4.69, 9.17) is 9.47 Å². The summed E-state index contributed by atoms with van der Waals surface area (Å²) in [5.74, 6) is 1.02. The monoisotopic (exact) mass is 373 g/mol. The molecule has 4 rings (SSSR count). The first-order valence-corrected chi connectivity index (χ1v) is 8.82. The van der Waals surface area contributed by atoms with E-state index in [-0.39, 0.29) is 5.91 Å². The molecule has 140 valence electrons. The molecule has 1 amide bonds. The second-order valence-electron chi connectivity index (χ2n) is 6.27. The normalized spacial score (nSPS) is 10.6. The first kappa shape index (κ1) is 17.6. The Hall–Kier alpha value is -3.80. The summed E-state index contributed by atoms with van der Waals surface area (Å²) in [6.07, 6.45) is 1.66. The Kier molecular flexibility index (Phi) is 4.93. The van der Waals surface area contributed by atoms with Crippen LogP contribution in [0.4, 0.5) is 5.69 Å². The van der Waals surface area contributed by atoms with Gasteiger partial charge in [-0.25, -0.2) is 0 Å². The highest BCUT2D eigenvalue weighted by Crippen LogP contribution is 2.25. The number of aromatic nitrogens is 2. The van der Waals surface area contributed by atoms with Crippen LogP contribution in [0.5, 0.6) is 11.5 Å². The van der Waals surface area contributed by atoms with Gasteiger partial charge in [0, 0.05) is 17.1 Å². The molecule has 0 aliphatic rings. The van der Waals surface area contributed by atoms with Gasteiger partial charge < -0.3 is 14.8 Å². The third-order valence-corrected chi connectivity index (χ3v) is 4.34. The van der Waals surface area contributed by atoms with E-state index < -0.39 is 0 Å². The van der Waals surface area contributed by atoms with Crippen LogP contribution in [0.15, 0.2) is 72.9 Å². The third-order valence-electron chi connectivity index (χ3n) is 4.34. The van der Waals surface area contributed by atoms with Crippen molar-refractivity contribution >= 4 is 22.5 Å². The minimum absolute atomic E-state index is 0.256. The molecule has 28 heavy (non-hydrogen) atoms. The number of amides is 1. The minimum Gasteiger partial charge on any atom is -0.497 e. The Morgan fingerprint density at radius 3 is 2.71 bits per heavy atom. The van der Waals surface area contributed by atoms with Gasteiger partial charge in [0.2, 0.25) is 0 Å². The fourth-order valence-electron chi connectivity index (χ4n) is 2.93. The number of hydrogen-bond donors (Lipinski definition) is 2. The molecule has 0 saturated heterocycles. The number of nitrogens with one attached hydrogen (secondary N) is 2. The van der Waals surface area contributed by atoms with E-state index in [9.17, 15) is 4.79 Å². The van der Waals surface area contributed by atoms with Gasteiger partial charge in [-0.1, -0.05) is 36.4 Å². The maximum atomic E-state index is 12.8. The van der Waals surface area contributed by atoms with Crippen LogP contribution in [0, 0.1) is 0 Å². The summed E-state index contributed by atoms with van der Waals surface area (Å²) in [6, 6.07) is 20.7. The number of nitrogens with zero attached hydrogens (tertiary/aromatic N) is 1. The molecule has 3 aromatic carbocycles. The molecule has 0 saturated carbocycles. The number of carbonyl (C=O) groups excluding carboxylic acids is 1. The smallest absolute Gasteiger partial charge is 0.257 e. The predicted octanol–water partition coefficient (Wildman–Crippen LogP) is 4.40. The van der Waals surface area contributed by atoms with Gasteiger partial charge in [0.1, 0.15) is 18.1 Å². The van der Waals surface area contributed by atoms with E-state index in [1.165, 1.54) is 0 Å². The number of rotatable bonds is 6. The predicted molar refractivity (Wildman–Crippen MR) is 108 cm³/mol. The van der Waals surface area contributed by atoms with Crippen molar-refractivity contribution in [3.63, 3.8) is 0 Å². The molecule has 0 unspecified atom stereocenters. The number of methoxy groups -OCH3 is 1. The molecule has 0 bridgehead atoms. The van der Waals surface area contributed by atoms with E-state index >= 15 is 0 Å². The van der Waals surface area contributed by atoms with E-state index in [1.807, 2.05) is 54.6 Å². The van der Waals surface area contributed by atoms with Gasteiger partial charge in [-0.3, -0.25) is 9.89 Å². The quantitative estimate of drug-likeness (QED) is 0.525. The summed E-state index contributed by atoms with van der Waals surface area (Å²) in [6.45, 7) is 0.461. The zero-order chi connectivity index (χ0) is 19.3. The Morgan fingerprint density at radius 1 is 1.04 bits per heavy atom. The first-order chi connectivity index (χ1) is 13.7. The van der Waals surface area contributed by atoms with Crippen LogP contribution < -0.4 is 14.8 Å². The summed E-state index contributed by atoms with van der Waals surface area (Å²) in [4.78, 5) is 12.8. The molecule has 6 nitrogen and oxygen atoms in total. The second-order valence-corrected chi connectivity index (χ2v) is 6.27. The van der Waals surface area contributed by atoms with Crippen LogP contribution in [0.3, 0.4) is 0 Å². The molecule has 0 aliphatic heterocycles. The summed E-state index contributed by atoms with van der Waals surface area (Å²) in [5.41, 5.74) is 2.85. The van der Waals surface area contributed by atoms with Crippen molar-refractivity contribution in [3.8, 4) is 11.5 Å². The number of anilines is 1. The Bertz CT molecular complexity index is 1110. The molecular formula is C22H19N3O3. The van der Waals surface area contributed by atoms with Crippen molar-refractivity contribution in [1.29, 1.82) is 0 Å². The summed E-state index contributed by atoms with van der Waals surface area (Å²) >= 11 is 0. The number of benzene rings is 3. The molecule has 4 aromatic rings. The van der Waals surface area contributed by atoms with Gasteiger partial charge in [-0.05, 0) is 29.8 Å². The van der Waals surface area contributed by atoms with Crippen LogP contribution >= 0.6 is 0 Å². The molecule has 6 heteroatoms. The number of aromatic amines is 1. The van der Waals surface area contributed by atoms with Crippen molar-refractivity contribution in [2.75, 3.05) is 12.4 Å². The van der Waals surface area contributed by atoms with Crippen molar-refractivity contribution in [2.24, 2.45) is 0 Å². The van der Waals surface area contributed by atoms with Crippen LogP contribution in [0.25, 0.3) is 10.9 Å². The molecule has 0 radical (unpaired) electrons. The maximum Gasteiger partial charge on any atom is 0.257 e. The first-order valence-electron chi connectivity index (χ1n) is 8.82. The van der Waals surface area contributed by atoms with E-state index in [1.54, 1.807) is 25.4 Å². The van der Waals surface area contributed by atoms with E-state index in [0.717, 1.165) is 10.9 Å². The third kappa shape index (κ3) is 3.81. The maximum absolute atomic E-state index is 12.8. The molecule has 0 atom stereocenters. The van der Waals surface area contributed by atoms with Crippen LogP contribution in [0.1, 0.15) is 15.9 Å². The lowest BCUT2D eigenvalue weighted by molar-refractivity contribution is 0.102. The molecule has 2 N–H and O–H groups in total. The lowest BCUT2D eigenvalue weighted by Crippen LogP contribution is -2.13. The van der Waals surface area contributed by atoms with Crippen LogP contribution in [0.2, 0.25) is 0 Å². The number of carbonyl (C=O) groups is 1. The summed E-state index contributed by atoms with van der Waals surface area (Å²) < 4.78 is 11.1. The topological polar surface area (TPSA) is 76.2 Å². The lowest BCUT2D eigenvalue weighted by atomic mass is 10.1. The summed E-state index contributed by atoms with van der Waals surface area (Å²) in [7, 11) is 1.57. The largest absolute Gasteiger partial charge is 0.497 e. The highest BCUT2D eigenvalue weighted by atomic mass is 16.5. The fraction of sp³-hybridized carbons (Fsp3) is 0.0909. The molecule has 0 fully saturated rings. The average molecular weight is 373 g/mol. The van der Waals surface area contributed by atoms with Gasteiger partial charge >= 0.3 is 0 Å². The highest BCUT2D eigenvalue weighted by Gasteiger charge is 2.14. The molecule has 0 spiro atoms. The van der Waals surface area contributed by atoms with Crippen LogP contribution in [-0.2, 0) is 6.61 Å². The fourth-order valence-corrected chi connectivity index (χ4v) is 2.93. The van der Waals surface area contributed by atoms with Gasteiger partial charge in [0.15, 0.2) is 0 Å². The van der Waals surface area contributed by atoms with Crippen LogP contribution in [-0.4, -0.2) is 23.2 Å². The SMILES string of the molecule is COc1cc(C(=O)Nc2cccc(OCc3ccccc3)c2)c2[nH]ncc2c1. The van der Waals surface area contributed by atoms with Crippen molar-refractivity contribution in [1.82, 2.24) is 10.2 Å². The molecule has 0 aliphatic carbocycles. The zero-order valence-electron chi connectivity index (χ0n) is 15.3. The van der Waals surface area contributed by atoms with Gasteiger partial charge in [0.25, 0.3) is 5.91 Å². The number of fused-ring (bicyclic) bond motifs is 1. The van der Waals surface area contributed by atoms with Crippen molar-refractivity contribution < 1.29 is 14.3 Å². The van der Waals surface area contributed by atoms with Gasteiger partial charge in [-0.15, -0.1) is 0 Å². The summed E-state index contributed by atoms with van der Waals surface area (Å²) in [5, 5.41) is 10.6. The Labute approximate surface area is 162 Å². The zero-order valence-corrected chi connectivity index (χ0v) is 15.3. The number of ether oxygens (including phenoxy) is 2. The van der Waals surface area contributed by atoms with E-state index in [2.05, 4.69) is 15.5 Å². The molecular weight excluding hydrogens is 354 g/mol. The molecule has 1 aromatic heterocycles. The minimum atomic E-state index is -0.256.